The Morgan fingerprint density at radius 3 is 2.86 bits per heavy atom. The summed E-state index contributed by atoms with van der Waals surface area (Å²) in [5.74, 6) is 0.446. The Balaban J connectivity index is 1.82. The molecule has 2 N–H and O–H groups in total. The number of nitriles is 1. The van der Waals surface area contributed by atoms with Gasteiger partial charge < -0.3 is 10.4 Å². The third kappa shape index (κ3) is 4.53. The molecule has 0 aliphatic heterocycles. The van der Waals surface area contributed by atoms with Crippen molar-refractivity contribution >= 4 is 9.84 Å². The monoisotopic (exact) mass is 308 g/mol. The molecular formula is C15H20N2O3S. The first-order valence-electron chi connectivity index (χ1n) is 7.13. The first-order chi connectivity index (χ1) is 10.0. The summed E-state index contributed by atoms with van der Waals surface area (Å²) in [4.78, 5) is 0.194. The van der Waals surface area contributed by atoms with E-state index in [1.807, 2.05) is 6.07 Å². The van der Waals surface area contributed by atoms with Crippen molar-refractivity contribution in [2.24, 2.45) is 5.92 Å². The van der Waals surface area contributed by atoms with Gasteiger partial charge in [-0.25, -0.2) is 8.42 Å². The third-order valence-electron chi connectivity index (χ3n) is 3.82. The van der Waals surface area contributed by atoms with Crippen LogP contribution in [0, 0.1) is 17.2 Å². The van der Waals surface area contributed by atoms with Crippen LogP contribution in [0.25, 0.3) is 0 Å². The fourth-order valence-corrected chi connectivity index (χ4v) is 3.86. The van der Waals surface area contributed by atoms with Crippen LogP contribution in [0.3, 0.4) is 0 Å². The predicted molar refractivity (Wildman–Crippen MR) is 79.4 cm³/mol. The highest BCUT2D eigenvalue weighted by Crippen LogP contribution is 2.24. The minimum absolute atomic E-state index is 0.0111. The van der Waals surface area contributed by atoms with E-state index in [-0.39, 0.29) is 16.8 Å². The molecule has 1 aliphatic rings. The van der Waals surface area contributed by atoms with Crippen molar-refractivity contribution in [2.45, 2.75) is 30.3 Å². The number of aliphatic hydroxyl groups excluding tert-OH is 1. The lowest BCUT2D eigenvalue weighted by molar-refractivity contribution is 0.177. The Morgan fingerprint density at radius 2 is 2.19 bits per heavy atom. The molecule has 1 aliphatic carbocycles. The van der Waals surface area contributed by atoms with Crippen LogP contribution in [0.4, 0.5) is 0 Å². The molecule has 5 nitrogen and oxygen atoms in total. The average molecular weight is 308 g/mol. The van der Waals surface area contributed by atoms with Gasteiger partial charge in [0.15, 0.2) is 9.84 Å². The van der Waals surface area contributed by atoms with Crippen LogP contribution < -0.4 is 5.32 Å². The largest absolute Gasteiger partial charge is 0.393 e. The van der Waals surface area contributed by atoms with Crippen LogP contribution in [0.15, 0.2) is 29.2 Å². The first kappa shape index (κ1) is 16.0. The molecule has 2 atom stereocenters. The van der Waals surface area contributed by atoms with Crippen LogP contribution in [0.1, 0.15) is 24.8 Å². The van der Waals surface area contributed by atoms with E-state index in [9.17, 15) is 13.5 Å². The number of aliphatic hydroxyl groups is 1. The molecule has 0 heterocycles. The van der Waals surface area contributed by atoms with Gasteiger partial charge in [0.25, 0.3) is 0 Å². The van der Waals surface area contributed by atoms with E-state index in [2.05, 4.69) is 5.32 Å². The molecule has 0 saturated heterocycles. The maximum atomic E-state index is 12.2. The quantitative estimate of drug-likeness (QED) is 0.768. The van der Waals surface area contributed by atoms with Crippen LogP contribution in [0.5, 0.6) is 0 Å². The zero-order valence-electron chi connectivity index (χ0n) is 11.8. The van der Waals surface area contributed by atoms with Gasteiger partial charge in [0.05, 0.1) is 28.4 Å². The molecule has 0 amide bonds. The molecule has 6 heteroatoms. The van der Waals surface area contributed by atoms with Crippen molar-refractivity contribution in [3.05, 3.63) is 29.8 Å². The second-order valence-corrected chi connectivity index (χ2v) is 7.60. The van der Waals surface area contributed by atoms with Crippen molar-refractivity contribution < 1.29 is 13.5 Å². The number of benzene rings is 1. The standard InChI is InChI=1S/C15H20N2O3S/c16-10-12-2-1-3-15(9-12)21(19,20)7-6-17-11-13-4-5-14(18)8-13/h1-3,9,13-14,17-18H,4-8,11H2. The van der Waals surface area contributed by atoms with Gasteiger partial charge in [-0.15, -0.1) is 0 Å². The van der Waals surface area contributed by atoms with Gasteiger partial charge in [0.1, 0.15) is 0 Å². The number of nitrogens with one attached hydrogen (secondary N) is 1. The fraction of sp³-hybridized carbons (Fsp3) is 0.533. The van der Waals surface area contributed by atoms with Crippen molar-refractivity contribution in [3.8, 4) is 6.07 Å². The van der Waals surface area contributed by atoms with Crippen LogP contribution in [-0.4, -0.2) is 38.5 Å². The van der Waals surface area contributed by atoms with E-state index in [0.29, 0.717) is 18.0 Å². The molecule has 0 bridgehead atoms. The second kappa shape index (κ2) is 7.03. The van der Waals surface area contributed by atoms with E-state index >= 15 is 0 Å². The maximum Gasteiger partial charge on any atom is 0.179 e. The molecule has 1 aromatic carbocycles. The normalized spacial score (nSPS) is 22.1. The van der Waals surface area contributed by atoms with E-state index in [1.165, 1.54) is 12.1 Å². The van der Waals surface area contributed by atoms with Crippen LogP contribution >= 0.6 is 0 Å². The summed E-state index contributed by atoms with van der Waals surface area (Å²) in [5, 5.41) is 21.4. The predicted octanol–water partition coefficient (Wildman–Crippen LogP) is 1.08. The summed E-state index contributed by atoms with van der Waals surface area (Å²) in [6.45, 7) is 1.12. The van der Waals surface area contributed by atoms with Crippen molar-refractivity contribution in [1.29, 1.82) is 5.26 Å². The highest BCUT2D eigenvalue weighted by molar-refractivity contribution is 7.91. The van der Waals surface area contributed by atoms with Crippen molar-refractivity contribution in [3.63, 3.8) is 0 Å². The lowest BCUT2D eigenvalue weighted by atomic mass is 10.1. The van der Waals surface area contributed by atoms with Gasteiger partial charge in [0, 0.05) is 6.54 Å². The van der Waals surface area contributed by atoms with Crippen LogP contribution in [0.2, 0.25) is 0 Å². The Kier molecular flexibility index (Phi) is 5.34. The zero-order valence-corrected chi connectivity index (χ0v) is 12.6. The van der Waals surface area contributed by atoms with Gasteiger partial charge >= 0.3 is 0 Å². The summed E-state index contributed by atoms with van der Waals surface area (Å²) in [7, 11) is -3.36. The van der Waals surface area contributed by atoms with Gasteiger partial charge in [0.2, 0.25) is 0 Å². The molecule has 21 heavy (non-hydrogen) atoms. The minimum atomic E-state index is -3.36. The smallest absolute Gasteiger partial charge is 0.179 e. The van der Waals surface area contributed by atoms with Gasteiger partial charge in [-0.3, -0.25) is 0 Å². The third-order valence-corrected chi connectivity index (χ3v) is 5.53. The molecule has 0 aromatic heterocycles. The molecule has 114 valence electrons. The molecule has 1 fully saturated rings. The van der Waals surface area contributed by atoms with E-state index in [1.54, 1.807) is 12.1 Å². The molecular weight excluding hydrogens is 288 g/mol. The molecule has 1 aromatic rings. The van der Waals surface area contributed by atoms with Crippen molar-refractivity contribution in [2.75, 3.05) is 18.8 Å². The number of nitrogens with zero attached hydrogens (tertiary/aromatic N) is 1. The zero-order chi connectivity index (χ0) is 15.3. The molecule has 2 rings (SSSR count). The van der Waals surface area contributed by atoms with Crippen molar-refractivity contribution in [1.82, 2.24) is 5.32 Å². The summed E-state index contributed by atoms with van der Waals surface area (Å²) in [6, 6.07) is 8.04. The Morgan fingerprint density at radius 1 is 1.38 bits per heavy atom. The second-order valence-electron chi connectivity index (χ2n) is 5.50. The van der Waals surface area contributed by atoms with E-state index in [0.717, 1.165) is 25.8 Å². The van der Waals surface area contributed by atoms with Gasteiger partial charge in [-0.05, 0) is 49.9 Å². The average Bonchev–Trinajstić information content (AvgIpc) is 2.89. The lowest BCUT2D eigenvalue weighted by Gasteiger charge is -2.11. The SMILES string of the molecule is N#Cc1cccc(S(=O)(=O)CCNCC2CCC(O)C2)c1. The molecule has 2 unspecified atom stereocenters. The highest BCUT2D eigenvalue weighted by atomic mass is 32.2. The van der Waals surface area contributed by atoms with E-state index in [4.69, 9.17) is 5.26 Å². The topological polar surface area (TPSA) is 90.2 Å². The Bertz CT molecular complexity index is 622. The number of hydrogen-bond acceptors (Lipinski definition) is 5. The summed E-state index contributed by atoms with van der Waals surface area (Å²) < 4.78 is 24.3. The summed E-state index contributed by atoms with van der Waals surface area (Å²) in [6.07, 6.45) is 2.43. The maximum absolute atomic E-state index is 12.2. The van der Waals surface area contributed by atoms with Gasteiger partial charge in [-0.1, -0.05) is 6.07 Å². The summed E-state index contributed by atoms with van der Waals surface area (Å²) >= 11 is 0. The first-order valence-corrected chi connectivity index (χ1v) is 8.78. The number of rotatable bonds is 6. The van der Waals surface area contributed by atoms with Crippen LogP contribution in [-0.2, 0) is 9.84 Å². The molecule has 0 spiro atoms. The molecule has 1 saturated carbocycles. The highest BCUT2D eigenvalue weighted by Gasteiger charge is 2.22. The minimum Gasteiger partial charge on any atom is -0.393 e. The Hall–Kier alpha value is -1.42. The molecule has 0 radical (unpaired) electrons. The van der Waals surface area contributed by atoms with Gasteiger partial charge in [-0.2, -0.15) is 5.26 Å². The lowest BCUT2D eigenvalue weighted by Crippen LogP contribution is -2.27. The number of sulfone groups is 1. The van der Waals surface area contributed by atoms with E-state index < -0.39 is 9.84 Å². The number of hydrogen-bond donors (Lipinski definition) is 2. The summed E-state index contributed by atoms with van der Waals surface area (Å²) in [5.41, 5.74) is 0.351. The fourth-order valence-electron chi connectivity index (χ4n) is 2.62. The Labute approximate surface area is 125 Å².